The number of ether oxygens (including phenoxy) is 1. The Morgan fingerprint density at radius 2 is 1.89 bits per heavy atom. The molecule has 0 N–H and O–H groups in total. The first-order chi connectivity index (χ1) is 17.5. The van der Waals surface area contributed by atoms with Crippen molar-refractivity contribution >= 4 is 12.0 Å². The van der Waals surface area contributed by atoms with Gasteiger partial charge in [-0.15, -0.1) is 0 Å². The van der Waals surface area contributed by atoms with Crippen molar-refractivity contribution in [3.63, 3.8) is 0 Å². The number of nitrogens with zero attached hydrogens (tertiary/aromatic N) is 4. The number of likely N-dealkylation sites (tertiary alicyclic amines) is 1. The Bertz CT molecular complexity index is 1110. The number of rotatable bonds is 6. The van der Waals surface area contributed by atoms with Gasteiger partial charge in [-0.2, -0.15) is 5.10 Å². The average Bonchev–Trinajstić information content (AvgIpc) is 3.14. The van der Waals surface area contributed by atoms with Crippen LogP contribution in [0.3, 0.4) is 0 Å². The summed E-state index contributed by atoms with van der Waals surface area (Å²) in [7, 11) is 0. The maximum atomic E-state index is 13.4. The molecule has 3 heterocycles. The quantitative estimate of drug-likeness (QED) is 0.515. The van der Waals surface area contributed by atoms with Crippen molar-refractivity contribution < 1.29 is 18.7 Å². The van der Waals surface area contributed by atoms with E-state index in [2.05, 4.69) is 6.92 Å². The second-order valence-electron chi connectivity index (χ2n) is 11.6. The molecule has 2 atom stereocenters. The highest BCUT2D eigenvalue weighted by Gasteiger charge is 2.35. The van der Waals surface area contributed by atoms with E-state index in [1.165, 1.54) is 17.7 Å². The zero-order valence-electron chi connectivity index (χ0n) is 22.9. The maximum Gasteiger partial charge on any atom is 0.410 e. The van der Waals surface area contributed by atoms with Gasteiger partial charge in [-0.25, -0.2) is 9.18 Å². The summed E-state index contributed by atoms with van der Waals surface area (Å²) < 4.78 is 20.9. The highest BCUT2D eigenvalue weighted by atomic mass is 19.1. The van der Waals surface area contributed by atoms with E-state index in [4.69, 9.17) is 9.84 Å². The van der Waals surface area contributed by atoms with Gasteiger partial charge in [0.25, 0.3) is 0 Å². The molecule has 8 heteroatoms. The zero-order valence-corrected chi connectivity index (χ0v) is 22.9. The Balaban J connectivity index is 1.39. The van der Waals surface area contributed by atoms with Crippen LogP contribution in [-0.2, 0) is 29.0 Å². The third kappa shape index (κ3) is 6.70. The molecule has 2 amide bonds. The highest BCUT2D eigenvalue weighted by Crippen LogP contribution is 2.31. The molecule has 2 aliphatic rings. The second-order valence-corrected chi connectivity index (χ2v) is 11.6. The van der Waals surface area contributed by atoms with Crippen molar-refractivity contribution in [1.82, 2.24) is 19.6 Å². The molecule has 0 bridgehead atoms. The predicted octanol–water partition coefficient (Wildman–Crippen LogP) is 5.47. The van der Waals surface area contributed by atoms with Gasteiger partial charge in [-0.1, -0.05) is 25.5 Å². The molecule has 2 unspecified atom stereocenters. The van der Waals surface area contributed by atoms with Crippen LogP contribution in [-0.4, -0.2) is 56.3 Å². The van der Waals surface area contributed by atoms with E-state index in [-0.39, 0.29) is 29.8 Å². The lowest BCUT2D eigenvalue weighted by Gasteiger charge is -2.40. The lowest BCUT2D eigenvalue weighted by atomic mass is 9.86. The number of fused-ring (bicyclic) bond motifs is 1. The standard InChI is InChI=1S/C29H41FN4O3/c1-6-7-24-16-22(12-15-33(24)28(36)37-29(3,4)5)17-27(35)32-14-13-25-20(2)31-34(26(25)19-32)18-21-8-10-23(30)11-9-21/h8-11,22,24H,6-7,12-19H2,1-5H3. The molecule has 2 aromatic rings. The van der Waals surface area contributed by atoms with Gasteiger partial charge < -0.3 is 14.5 Å². The Morgan fingerprint density at radius 3 is 2.57 bits per heavy atom. The SMILES string of the molecule is CCCC1CC(CC(=O)N2CCc3c(C)nn(Cc4ccc(F)cc4)c3C2)CCN1C(=O)OC(C)(C)C. The Hall–Kier alpha value is -2.90. The summed E-state index contributed by atoms with van der Waals surface area (Å²) in [6, 6.07) is 6.60. The van der Waals surface area contributed by atoms with Crippen LogP contribution in [0.5, 0.6) is 0 Å². The molecule has 0 saturated carbocycles. The molecule has 4 rings (SSSR count). The van der Waals surface area contributed by atoms with Crippen molar-refractivity contribution in [2.45, 2.75) is 97.9 Å². The molecular formula is C29H41FN4O3. The van der Waals surface area contributed by atoms with E-state index in [0.29, 0.717) is 32.6 Å². The molecule has 0 radical (unpaired) electrons. The summed E-state index contributed by atoms with van der Waals surface area (Å²) in [5.74, 6) is 0.177. The minimum Gasteiger partial charge on any atom is -0.444 e. The van der Waals surface area contributed by atoms with Gasteiger partial charge in [0.2, 0.25) is 5.91 Å². The van der Waals surface area contributed by atoms with Crippen LogP contribution in [0.2, 0.25) is 0 Å². The number of hydrogen-bond acceptors (Lipinski definition) is 4. The van der Waals surface area contributed by atoms with Crippen LogP contribution in [0.1, 0.15) is 82.3 Å². The normalized spacial score (nSPS) is 20.1. The highest BCUT2D eigenvalue weighted by molar-refractivity contribution is 5.77. The van der Waals surface area contributed by atoms with Crippen LogP contribution in [0.15, 0.2) is 24.3 Å². The first-order valence-corrected chi connectivity index (χ1v) is 13.6. The summed E-state index contributed by atoms with van der Waals surface area (Å²) in [4.78, 5) is 30.0. The topological polar surface area (TPSA) is 67.7 Å². The summed E-state index contributed by atoms with van der Waals surface area (Å²) in [6.07, 6.45) is 4.60. The first kappa shape index (κ1) is 27.1. The molecule has 2 aliphatic heterocycles. The summed E-state index contributed by atoms with van der Waals surface area (Å²) in [5, 5.41) is 4.74. The summed E-state index contributed by atoms with van der Waals surface area (Å²) in [5.41, 5.74) is 3.76. The molecule has 37 heavy (non-hydrogen) atoms. The smallest absolute Gasteiger partial charge is 0.410 e. The van der Waals surface area contributed by atoms with E-state index in [1.54, 1.807) is 12.1 Å². The molecule has 1 fully saturated rings. The predicted molar refractivity (Wildman–Crippen MR) is 141 cm³/mol. The number of carbonyl (C=O) groups excluding carboxylic acids is 2. The molecular weight excluding hydrogens is 471 g/mol. The third-order valence-electron chi connectivity index (χ3n) is 7.48. The van der Waals surface area contributed by atoms with E-state index < -0.39 is 5.60 Å². The number of aryl methyl sites for hydroxylation is 1. The van der Waals surface area contributed by atoms with Crippen molar-refractivity contribution in [3.8, 4) is 0 Å². The first-order valence-electron chi connectivity index (χ1n) is 13.6. The number of benzene rings is 1. The van der Waals surface area contributed by atoms with E-state index in [9.17, 15) is 14.0 Å². The molecule has 7 nitrogen and oxygen atoms in total. The monoisotopic (exact) mass is 512 g/mol. The molecule has 1 aromatic carbocycles. The molecule has 1 saturated heterocycles. The van der Waals surface area contributed by atoms with Gasteiger partial charge in [0.05, 0.1) is 24.5 Å². The molecule has 0 spiro atoms. The largest absolute Gasteiger partial charge is 0.444 e. The van der Waals surface area contributed by atoms with Gasteiger partial charge in [-0.05, 0) is 82.6 Å². The Kier molecular flexibility index (Phi) is 8.24. The fourth-order valence-corrected chi connectivity index (χ4v) is 5.65. The van der Waals surface area contributed by atoms with E-state index in [0.717, 1.165) is 49.1 Å². The maximum absolute atomic E-state index is 13.4. The van der Waals surface area contributed by atoms with Crippen LogP contribution >= 0.6 is 0 Å². The lowest BCUT2D eigenvalue weighted by molar-refractivity contribution is -0.133. The van der Waals surface area contributed by atoms with E-state index >= 15 is 0 Å². The Labute approximate surface area is 220 Å². The number of piperidine rings is 1. The third-order valence-corrected chi connectivity index (χ3v) is 7.48. The lowest BCUT2D eigenvalue weighted by Crippen LogP contribution is -2.48. The Morgan fingerprint density at radius 1 is 1.16 bits per heavy atom. The van der Waals surface area contributed by atoms with Crippen molar-refractivity contribution in [2.75, 3.05) is 13.1 Å². The van der Waals surface area contributed by atoms with Gasteiger partial charge in [-0.3, -0.25) is 9.48 Å². The number of halogens is 1. The van der Waals surface area contributed by atoms with Crippen LogP contribution in [0.25, 0.3) is 0 Å². The molecule has 202 valence electrons. The van der Waals surface area contributed by atoms with Gasteiger partial charge >= 0.3 is 6.09 Å². The van der Waals surface area contributed by atoms with Gasteiger partial charge in [0.15, 0.2) is 0 Å². The van der Waals surface area contributed by atoms with Crippen LogP contribution < -0.4 is 0 Å². The van der Waals surface area contributed by atoms with E-state index in [1.807, 2.05) is 42.2 Å². The minimum atomic E-state index is -0.518. The average molecular weight is 513 g/mol. The number of hydrogen-bond donors (Lipinski definition) is 0. The zero-order chi connectivity index (χ0) is 26.7. The second kappa shape index (κ2) is 11.2. The van der Waals surface area contributed by atoms with Crippen molar-refractivity contribution in [2.24, 2.45) is 5.92 Å². The summed E-state index contributed by atoms with van der Waals surface area (Å²) in [6.45, 7) is 12.3. The summed E-state index contributed by atoms with van der Waals surface area (Å²) >= 11 is 0. The fraction of sp³-hybridized carbons (Fsp3) is 0.621. The van der Waals surface area contributed by atoms with Crippen molar-refractivity contribution in [3.05, 3.63) is 52.6 Å². The minimum absolute atomic E-state index is 0.110. The van der Waals surface area contributed by atoms with Gasteiger partial charge in [0.1, 0.15) is 11.4 Å². The molecule has 1 aromatic heterocycles. The molecule has 0 aliphatic carbocycles. The van der Waals surface area contributed by atoms with Crippen LogP contribution in [0, 0.1) is 18.7 Å². The van der Waals surface area contributed by atoms with Crippen LogP contribution in [0.4, 0.5) is 9.18 Å². The van der Waals surface area contributed by atoms with Gasteiger partial charge in [0, 0.05) is 25.6 Å². The number of aromatic nitrogens is 2. The number of amides is 2. The fourth-order valence-electron chi connectivity index (χ4n) is 5.65. The van der Waals surface area contributed by atoms with Crippen molar-refractivity contribution in [1.29, 1.82) is 0 Å². The number of carbonyl (C=O) groups is 2.